The summed E-state index contributed by atoms with van der Waals surface area (Å²) in [4.78, 5) is 23.0. The van der Waals surface area contributed by atoms with Gasteiger partial charge >= 0.3 is 12.1 Å². The number of nitrogens with zero attached hydrogens (tertiary/aromatic N) is 1. The molecule has 0 unspecified atom stereocenters. The fraction of sp³-hybridized carbons (Fsp3) is 0.143. The van der Waals surface area contributed by atoms with Crippen molar-refractivity contribution in [1.29, 1.82) is 0 Å². The zero-order valence-corrected chi connectivity index (χ0v) is 10.9. The Hall–Kier alpha value is -2.76. The normalized spacial score (nSPS) is 10.2. The zero-order chi connectivity index (χ0) is 14.7. The third-order valence-corrected chi connectivity index (χ3v) is 2.87. The van der Waals surface area contributed by atoms with Gasteiger partial charge in [0.1, 0.15) is 6.61 Å². The van der Waals surface area contributed by atoms with E-state index in [2.05, 4.69) is 11.9 Å². The fourth-order valence-corrected chi connectivity index (χ4v) is 2.04. The van der Waals surface area contributed by atoms with Crippen molar-refractivity contribution in [3.05, 3.63) is 42.6 Å². The van der Waals surface area contributed by atoms with E-state index in [0.29, 0.717) is 10.9 Å². The number of anilines is 1. The quantitative estimate of drug-likeness (QED) is 0.840. The summed E-state index contributed by atoms with van der Waals surface area (Å²) in [5, 5.41) is 12.4. The molecule has 0 radical (unpaired) electrons. The predicted octanol–water partition coefficient (Wildman–Crippen LogP) is 2.61. The lowest BCUT2D eigenvalue weighted by atomic mass is 10.2. The van der Waals surface area contributed by atoms with E-state index in [0.717, 1.165) is 0 Å². The highest BCUT2D eigenvalue weighted by atomic mass is 16.5. The second-order valence-electron chi connectivity index (χ2n) is 4.12. The number of aromatic carboxylic acids is 1. The number of carbonyl (C=O) groups excluding carboxylic acids is 1. The first-order valence-corrected chi connectivity index (χ1v) is 5.91. The Kier molecular flexibility index (Phi) is 3.74. The molecule has 1 aromatic heterocycles. The van der Waals surface area contributed by atoms with E-state index < -0.39 is 12.1 Å². The molecule has 20 heavy (non-hydrogen) atoms. The van der Waals surface area contributed by atoms with Gasteiger partial charge in [-0.1, -0.05) is 30.9 Å². The minimum absolute atomic E-state index is 0.00162. The van der Waals surface area contributed by atoms with Gasteiger partial charge in [0, 0.05) is 12.4 Å². The number of carboxylic acids is 1. The Morgan fingerprint density at radius 2 is 2.15 bits per heavy atom. The maximum absolute atomic E-state index is 11.6. The molecule has 6 heteroatoms. The first-order valence-electron chi connectivity index (χ1n) is 5.91. The van der Waals surface area contributed by atoms with Gasteiger partial charge in [-0.3, -0.25) is 5.32 Å². The largest absolute Gasteiger partial charge is 0.477 e. The van der Waals surface area contributed by atoms with Gasteiger partial charge in [-0.2, -0.15) is 0 Å². The van der Waals surface area contributed by atoms with Crippen molar-refractivity contribution in [2.45, 2.75) is 0 Å². The Morgan fingerprint density at radius 1 is 1.45 bits per heavy atom. The highest BCUT2D eigenvalue weighted by molar-refractivity contribution is 6.10. The minimum atomic E-state index is -1.12. The van der Waals surface area contributed by atoms with E-state index in [1.807, 2.05) is 0 Å². The van der Waals surface area contributed by atoms with E-state index in [1.165, 1.54) is 10.6 Å². The molecule has 0 bridgehead atoms. The molecule has 0 saturated heterocycles. The molecule has 1 amide bonds. The van der Waals surface area contributed by atoms with Gasteiger partial charge in [0.05, 0.1) is 11.2 Å². The Balaban J connectivity index is 2.50. The van der Waals surface area contributed by atoms with Gasteiger partial charge in [0.2, 0.25) is 0 Å². The highest BCUT2D eigenvalue weighted by Gasteiger charge is 2.22. The number of hydrogen-bond donors (Lipinski definition) is 2. The van der Waals surface area contributed by atoms with E-state index in [9.17, 15) is 14.7 Å². The Bertz CT molecular complexity index is 688. The minimum Gasteiger partial charge on any atom is -0.477 e. The number of benzene rings is 1. The summed E-state index contributed by atoms with van der Waals surface area (Å²) >= 11 is 0. The van der Waals surface area contributed by atoms with Crippen LogP contribution in [0.2, 0.25) is 0 Å². The molecule has 0 aliphatic rings. The maximum Gasteiger partial charge on any atom is 0.412 e. The van der Waals surface area contributed by atoms with Crippen molar-refractivity contribution in [2.24, 2.45) is 7.05 Å². The summed E-state index contributed by atoms with van der Waals surface area (Å²) < 4.78 is 6.33. The molecule has 1 heterocycles. The molecule has 2 rings (SSSR count). The summed E-state index contributed by atoms with van der Waals surface area (Å²) in [5.74, 6) is -1.12. The van der Waals surface area contributed by atoms with Crippen molar-refractivity contribution >= 4 is 28.7 Å². The van der Waals surface area contributed by atoms with Gasteiger partial charge in [-0.15, -0.1) is 0 Å². The fourth-order valence-electron chi connectivity index (χ4n) is 2.04. The molecular formula is C14H14N2O4. The molecule has 2 N–H and O–H groups in total. The molecule has 0 aliphatic heterocycles. The third kappa shape index (κ3) is 2.35. The topological polar surface area (TPSA) is 80.6 Å². The lowest BCUT2D eigenvalue weighted by molar-refractivity contribution is 0.0688. The summed E-state index contributed by atoms with van der Waals surface area (Å²) in [6.07, 6.45) is 0.713. The van der Waals surface area contributed by atoms with Crippen LogP contribution in [-0.2, 0) is 11.8 Å². The van der Waals surface area contributed by atoms with Crippen LogP contribution in [0.15, 0.2) is 36.9 Å². The predicted molar refractivity (Wildman–Crippen MR) is 75.0 cm³/mol. The monoisotopic (exact) mass is 274 g/mol. The van der Waals surface area contributed by atoms with Gasteiger partial charge < -0.3 is 14.4 Å². The molecular weight excluding hydrogens is 260 g/mol. The molecule has 0 spiro atoms. The molecule has 0 fully saturated rings. The number of hydrogen-bond acceptors (Lipinski definition) is 3. The van der Waals surface area contributed by atoms with E-state index in [-0.39, 0.29) is 18.0 Å². The molecule has 104 valence electrons. The second-order valence-corrected chi connectivity index (χ2v) is 4.12. The van der Waals surface area contributed by atoms with Gasteiger partial charge in [-0.25, -0.2) is 9.59 Å². The van der Waals surface area contributed by atoms with Crippen LogP contribution in [0.4, 0.5) is 10.5 Å². The van der Waals surface area contributed by atoms with Crippen molar-refractivity contribution in [3.63, 3.8) is 0 Å². The number of fused-ring (bicyclic) bond motifs is 1. The lowest BCUT2D eigenvalue weighted by Crippen LogP contribution is -2.16. The number of para-hydroxylation sites is 1. The van der Waals surface area contributed by atoms with Crippen LogP contribution in [-0.4, -0.2) is 28.3 Å². The summed E-state index contributed by atoms with van der Waals surface area (Å²) in [6, 6.07) is 7.09. The molecule has 6 nitrogen and oxygen atoms in total. The maximum atomic E-state index is 11.6. The zero-order valence-electron chi connectivity index (χ0n) is 10.9. The van der Waals surface area contributed by atoms with Crippen LogP contribution in [0.3, 0.4) is 0 Å². The number of aromatic nitrogens is 1. The summed E-state index contributed by atoms with van der Waals surface area (Å²) in [6.45, 7) is 3.49. The number of rotatable bonds is 4. The number of carbonyl (C=O) groups is 2. The number of ether oxygens (including phenoxy) is 1. The van der Waals surface area contributed by atoms with Gasteiger partial charge in [0.25, 0.3) is 0 Å². The lowest BCUT2D eigenvalue weighted by Gasteiger charge is -2.06. The Morgan fingerprint density at radius 3 is 2.80 bits per heavy atom. The standard InChI is InChI=1S/C14H14N2O4/c1-3-8-20-14(19)15-11-9-6-4-5-7-10(9)16(2)12(11)13(17)18/h3-7H,1,8H2,2H3,(H,15,19)(H,17,18). The average Bonchev–Trinajstić information content (AvgIpc) is 2.70. The van der Waals surface area contributed by atoms with Crippen LogP contribution in [0, 0.1) is 0 Å². The number of aryl methyl sites for hydroxylation is 1. The van der Waals surface area contributed by atoms with E-state index in [1.54, 1.807) is 31.3 Å². The molecule has 2 aromatic rings. The molecule has 0 aliphatic carbocycles. The third-order valence-electron chi connectivity index (χ3n) is 2.87. The van der Waals surface area contributed by atoms with Crippen LogP contribution >= 0.6 is 0 Å². The first-order chi connectivity index (χ1) is 9.56. The number of carboxylic acid groups (broad SMARTS) is 1. The number of amides is 1. The number of nitrogens with one attached hydrogen (secondary N) is 1. The first kappa shape index (κ1) is 13.7. The summed E-state index contributed by atoms with van der Waals surface area (Å²) in [7, 11) is 1.63. The van der Waals surface area contributed by atoms with Gasteiger partial charge in [0.15, 0.2) is 5.69 Å². The van der Waals surface area contributed by atoms with Crippen LogP contribution < -0.4 is 5.32 Å². The SMILES string of the molecule is C=CCOC(=O)Nc1c(C(=O)O)n(C)c2ccccc12. The molecule has 0 saturated carbocycles. The van der Waals surface area contributed by atoms with E-state index >= 15 is 0 Å². The van der Waals surface area contributed by atoms with Crippen molar-refractivity contribution in [3.8, 4) is 0 Å². The van der Waals surface area contributed by atoms with Crippen LogP contribution in [0.1, 0.15) is 10.5 Å². The second kappa shape index (κ2) is 5.48. The van der Waals surface area contributed by atoms with Crippen LogP contribution in [0.25, 0.3) is 10.9 Å². The summed E-state index contributed by atoms with van der Waals surface area (Å²) in [5.41, 5.74) is 0.940. The smallest absolute Gasteiger partial charge is 0.412 e. The van der Waals surface area contributed by atoms with Crippen molar-refractivity contribution in [2.75, 3.05) is 11.9 Å². The average molecular weight is 274 g/mol. The Labute approximate surface area is 115 Å². The van der Waals surface area contributed by atoms with E-state index in [4.69, 9.17) is 4.74 Å². The van der Waals surface area contributed by atoms with Crippen molar-refractivity contribution < 1.29 is 19.4 Å². The van der Waals surface area contributed by atoms with Crippen LogP contribution in [0.5, 0.6) is 0 Å². The van der Waals surface area contributed by atoms with Gasteiger partial charge in [-0.05, 0) is 6.07 Å². The van der Waals surface area contributed by atoms with Crippen molar-refractivity contribution in [1.82, 2.24) is 4.57 Å². The highest BCUT2D eigenvalue weighted by Crippen LogP contribution is 2.30. The molecule has 0 atom stereocenters. The molecule has 1 aromatic carbocycles.